The second-order valence-electron chi connectivity index (χ2n) is 5.25. The van der Waals surface area contributed by atoms with Gasteiger partial charge in [0.05, 0.1) is 18.0 Å². The van der Waals surface area contributed by atoms with Crippen LogP contribution in [0, 0.1) is 0 Å². The molecule has 4 nitrogen and oxygen atoms in total. The smallest absolute Gasteiger partial charge is 0.262 e. The minimum Gasteiger partial charge on any atom is -0.497 e. The Balaban J connectivity index is 1.96. The summed E-state index contributed by atoms with van der Waals surface area (Å²) in [6, 6.07) is 13.5. The lowest BCUT2D eigenvalue weighted by molar-refractivity contribution is 0.414. The van der Waals surface area contributed by atoms with Crippen LogP contribution in [0.3, 0.4) is 0 Å². The van der Waals surface area contributed by atoms with Crippen LogP contribution in [0.1, 0.15) is 12.5 Å². The lowest BCUT2D eigenvalue weighted by Gasteiger charge is -2.11. The summed E-state index contributed by atoms with van der Waals surface area (Å²) in [5.74, 6) is 1.56. The van der Waals surface area contributed by atoms with Crippen LogP contribution in [0.4, 0.5) is 0 Å². The standard InChI is InChI=1S/C18H17BrN2O2S/c1-3-21-17(22)15-10-13(19)7-8-16(15)20-18(21)24-11-12-5-4-6-14(9-12)23-2/h4-10H,3,11H2,1-2H3. The van der Waals surface area contributed by atoms with Crippen LogP contribution in [-0.4, -0.2) is 16.7 Å². The van der Waals surface area contributed by atoms with E-state index in [0.717, 1.165) is 32.2 Å². The monoisotopic (exact) mass is 404 g/mol. The number of aromatic nitrogens is 2. The topological polar surface area (TPSA) is 44.1 Å². The van der Waals surface area contributed by atoms with Crippen molar-refractivity contribution in [3.63, 3.8) is 0 Å². The normalized spacial score (nSPS) is 11.0. The Hall–Kier alpha value is -1.79. The molecule has 3 rings (SSSR count). The van der Waals surface area contributed by atoms with Gasteiger partial charge in [-0.05, 0) is 42.8 Å². The Morgan fingerprint density at radius 3 is 2.83 bits per heavy atom. The number of ether oxygens (including phenoxy) is 1. The van der Waals surface area contributed by atoms with E-state index in [1.54, 1.807) is 23.4 Å². The Labute approximate surface area is 153 Å². The summed E-state index contributed by atoms with van der Waals surface area (Å²) < 4.78 is 7.86. The van der Waals surface area contributed by atoms with Crippen molar-refractivity contribution in [2.24, 2.45) is 0 Å². The molecule has 3 aromatic rings. The highest BCUT2D eigenvalue weighted by Crippen LogP contribution is 2.25. The maximum absolute atomic E-state index is 12.7. The lowest BCUT2D eigenvalue weighted by atomic mass is 10.2. The van der Waals surface area contributed by atoms with Crippen LogP contribution < -0.4 is 10.3 Å². The fraction of sp³-hybridized carbons (Fsp3) is 0.222. The Morgan fingerprint density at radius 2 is 2.08 bits per heavy atom. The predicted molar refractivity (Wildman–Crippen MR) is 102 cm³/mol. The molecule has 1 aromatic heterocycles. The van der Waals surface area contributed by atoms with E-state index >= 15 is 0 Å². The Kier molecular flexibility index (Phi) is 5.26. The van der Waals surface area contributed by atoms with Crippen molar-refractivity contribution >= 4 is 38.6 Å². The molecule has 1 heterocycles. The summed E-state index contributed by atoms with van der Waals surface area (Å²) >= 11 is 4.98. The molecule has 0 saturated heterocycles. The molecule has 0 unspecified atom stereocenters. The minimum absolute atomic E-state index is 0.00283. The lowest BCUT2D eigenvalue weighted by Crippen LogP contribution is -2.22. The van der Waals surface area contributed by atoms with Crippen molar-refractivity contribution < 1.29 is 4.74 Å². The average molecular weight is 405 g/mol. The molecule has 24 heavy (non-hydrogen) atoms. The van der Waals surface area contributed by atoms with Crippen molar-refractivity contribution in [1.82, 2.24) is 9.55 Å². The fourth-order valence-electron chi connectivity index (χ4n) is 2.47. The summed E-state index contributed by atoms with van der Waals surface area (Å²) in [7, 11) is 1.66. The number of fused-ring (bicyclic) bond motifs is 1. The van der Waals surface area contributed by atoms with Crippen LogP contribution >= 0.6 is 27.7 Å². The third kappa shape index (κ3) is 3.49. The molecule has 0 amide bonds. The van der Waals surface area contributed by atoms with Crippen LogP contribution in [0.15, 0.2) is 56.9 Å². The maximum Gasteiger partial charge on any atom is 0.262 e. The first-order valence-corrected chi connectivity index (χ1v) is 9.36. The number of benzene rings is 2. The van der Waals surface area contributed by atoms with Crippen molar-refractivity contribution in [2.45, 2.75) is 24.4 Å². The van der Waals surface area contributed by atoms with Gasteiger partial charge in [-0.2, -0.15) is 0 Å². The van der Waals surface area contributed by atoms with E-state index in [1.807, 2.05) is 49.4 Å². The van der Waals surface area contributed by atoms with E-state index < -0.39 is 0 Å². The zero-order chi connectivity index (χ0) is 17.1. The molecule has 6 heteroatoms. The Morgan fingerprint density at radius 1 is 1.25 bits per heavy atom. The van der Waals surface area contributed by atoms with E-state index in [1.165, 1.54) is 0 Å². The highest BCUT2D eigenvalue weighted by Gasteiger charge is 2.11. The number of hydrogen-bond donors (Lipinski definition) is 0. The van der Waals surface area contributed by atoms with Crippen LogP contribution in [0.2, 0.25) is 0 Å². The highest BCUT2D eigenvalue weighted by molar-refractivity contribution is 9.10. The van der Waals surface area contributed by atoms with Crippen LogP contribution in [0.5, 0.6) is 5.75 Å². The number of halogens is 1. The first-order chi connectivity index (χ1) is 11.6. The third-order valence-corrected chi connectivity index (χ3v) is 5.24. The molecule has 0 fully saturated rings. The predicted octanol–water partition coefficient (Wildman–Crippen LogP) is 4.48. The third-order valence-electron chi connectivity index (χ3n) is 3.70. The average Bonchev–Trinajstić information content (AvgIpc) is 2.61. The SMILES string of the molecule is CCn1c(SCc2cccc(OC)c2)nc2ccc(Br)cc2c1=O. The molecular formula is C18H17BrN2O2S. The summed E-state index contributed by atoms with van der Waals surface area (Å²) in [6.45, 7) is 2.55. The van der Waals surface area contributed by atoms with Gasteiger partial charge in [-0.1, -0.05) is 39.8 Å². The van der Waals surface area contributed by atoms with E-state index in [4.69, 9.17) is 4.74 Å². The van der Waals surface area contributed by atoms with Gasteiger partial charge in [0.25, 0.3) is 5.56 Å². The Bertz CT molecular complexity index is 940. The quantitative estimate of drug-likeness (QED) is 0.464. The second kappa shape index (κ2) is 7.40. The first kappa shape index (κ1) is 17.0. The van der Waals surface area contributed by atoms with Crippen molar-refractivity contribution in [2.75, 3.05) is 7.11 Å². The number of rotatable bonds is 5. The van der Waals surface area contributed by atoms with Gasteiger partial charge in [0, 0.05) is 16.8 Å². The van der Waals surface area contributed by atoms with E-state index in [-0.39, 0.29) is 5.56 Å². The van der Waals surface area contributed by atoms with Gasteiger partial charge < -0.3 is 4.74 Å². The van der Waals surface area contributed by atoms with E-state index in [2.05, 4.69) is 20.9 Å². The van der Waals surface area contributed by atoms with Gasteiger partial charge in [-0.3, -0.25) is 9.36 Å². The zero-order valence-electron chi connectivity index (χ0n) is 13.5. The highest BCUT2D eigenvalue weighted by atomic mass is 79.9. The van der Waals surface area contributed by atoms with Gasteiger partial charge in [-0.15, -0.1) is 0 Å². The minimum atomic E-state index is -0.00283. The molecule has 0 atom stereocenters. The molecule has 0 aliphatic heterocycles. The molecule has 0 bridgehead atoms. The van der Waals surface area contributed by atoms with Gasteiger partial charge in [0.15, 0.2) is 5.16 Å². The molecule has 0 spiro atoms. The number of nitrogens with zero attached hydrogens (tertiary/aromatic N) is 2. The number of thioether (sulfide) groups is 1. The zero-order valence-corrected chi connectivity index (χ0v) is 15.9. The molecule has 2 aromatic carbocycles. The molecular weight excluding hydrogens is 388 g/mol. The summed E-state index contributed by atoms with van der Waals surface area (Å²) in [5, 5.41) is 1.37. The molecule has 0 saturated carbocycles. The maximum atomic E-state index is 12.7. The van der Waals surface area contributed by atoms with Gasteiger partial charge >= 0.3 is 0 Å². The van der Waals surface area contributed by atoms with Crippen molar-refractivity contribution in [3.8, 4) is 5.75 Å². The molecule has 0 N–H and O–H groups in total. The van der Waals surface area contributed by atoms with E-state index in [9.17, 15) is 4.79 Å². The van der Waals surface area contributed by atoms with Gasteiger partial charge in [0.1, 0.15) is 5.75 Å². The van der Waals surface area contributed by atoms with Crippen LogP contribution in [-0.2, 0) is 12.3 Å². The second-order valence-corrected chi connectivity index (χ2v) is 7.10. The summed E-state index contributed by atoms with van der Waals surface area (Å²) in [4.78, 5) is 17.4. The molecule has 124 valence electrons. The molecule has 0 radical (unpaired) electrons. The summed E-state index contributed by atoms with van der Waals surface area (Å²) in [5.41, 5.74) is 1.85. The summed E-state index contributed by atoms with van der Waals surface area (Å²) in [6.07, 6.45) is 0. The van der Waals surface area contributed by atoms with Gasteiger partial charge in [-0.25, -0.2) is 4.98 Å². The number of hydrogen-bond acceptors (Lipinski definition) is 4. The molecule has 0 aliphatic carbocycles. The first-order valence-electron chi connectivity index (χ1n) is 7.58. The van der Waals surface area contributed by atoms with Crippen LogP contribution in [0.25, 0.3) is 10.9 Å². The van der Waals surface area contributed by atoms with E-state index in [0.29, 0.717) is 11.9 Å². The van der Waals surface area contributed by atoms with Gasteiger partial charge in [0.2, 0.25) is 0 Å². The van der Waals surface area contributed by atoms with Crippen molar-refractivity contribution in [3.05, 3.63) is 62.9 Å². The fourth-order valence-corrected chi connectivity index (χ4v) is 3.84. The number of methoxy groups -OCH3 is 1. The van der Waals surface area contributed by atoms with Crippen molar-refractivity contribution in [1.29, 1.82) is 0 Å². The molecule has 0 aliphatic rings. The largest absolute Gasteiger partial charge is 0.497 e.